The minimum Gasteiger partial charge on any atom is -0.368 e. The van der Waals surface area contributed by atoms with Crippen LogP contribution in [0.5, 0.6) is 0 Å². The number of nitrogens with zero attached hydrogens (tertiary/aromatic N) is 3. The first-order valence-electron chi connectivity index (χ1n) is 6.06. The smallest absolute Gasteiger partial charge is 0.222 e. The third-order valence-electron chi connectivity index (χ3n) is 2.68. The molecule has 0 radical (unpaired) electrons. The first-order valence-corrected chi connectivity index (χ1v) is 7.98. The first-order chi connectivity index (χ1) is 9.82. The molecule has 0 bridgehead atoms. The molecule has 7 nitrogen and oxygen atoms in total. The van der Waals surface area contributed by atoms with Crippen molar-refractivity contribution in [3.05, 3.63) is 29.5 Å². The summed E-state index contributed by atoms with van der Waals surface area (Å²) >= 11 is 5.96. The molecule has 21 heavy (non-hydrogen) atoms. The van der Waals surface area contributed by atoms with E-state index in [1.54, 1.807) is 26.0 Å². The summed E-state index contributed by atoms with van der Waals surface area (Å²) in [5, 5.41) is 2.40. The summed E-state index contributed by atoms with van der Waals surface area (Å²) in [4.78, 5) is 11.6. The average molecular weight is 328 g/mol. The van der Waals surface area contributed by atoms with Crippen LogP contribution in [0.4, 0.5) is 17.5 Å². The molecule has 9 heteroatoms. The van der Waals surface area contributed by atoms with Crippen molar-refractivity contribution < 1.29 is 8.42 Å². The molecule has 2 aromatic rings. The molecule has 2 aromatic heterocycles. The van der Waals surface area contributed by atoms with Gasteiger partial charge in [-0.15, -0.1) is 0 Å². The molecule has 0 aromatic carbocycles. The maximum Gasteiger partial charge on any atom is 0.222 e. The predicted octanol–water partition coefficient (Wildman–Crippen LogP) is 2.03. The monoisotopic (exact) mass is 327 g/mol. The summed E-state index contributed by atoms with van der Waals surface area (Å²) < 4.78 is 24.6. The van der Waals surface area contributed by atoms with Crippen molar-refractivity contribution >= 4 is 38.9 Å². The number of halogens is 1. The summed E-state index contributed by atoms with van der Waals surface area (Å²) in [7, 11) is -3.54. The zero-order valence-corrected chi connectivity index (χ0v) is 13.0. The Morgan fingerprint density at radius 1 is 1.33 bits per heavy atom. The number of pyridine rings is 1. The van der Waals surface area contributed by atoms with E-state index in [0.717, 1.165) is 0 Å². The molecule has 0 aliphatic carbocycles. The van der Waals surface area contributed by atoms with E-state index >= 15 is 0 Å². The van der Waals surface area contributed by atoms with Crippen molar-refractivity contribution in [2.24, 2.45) is 0 Å². The highest BCUT2D eigenvalue weighted by Crippen LogP contribution is 2.28. The summed E-state index contributed by atoms with van der Waals surface area (Å²) in [5.41, 5.74) is 5.78. The van der Waals surface area contributed by atoms with Crippen LogP contribution in [0.15, 0.2) is 29.6 Å². The fourth-order valence-electron chi connectivity index (χ4n) is 1.53. The SMILES string of the molecule is CC(C)S(=O)(=O)c1ncccc1Nc1nc(N)ncc1Cl. The molecule has 3 N–H and O–H groups in total. The minimum atomic E-state index is -3.54. The van der Waals surface area contributed by atoms with Crippen molar-refractivity contribution in [1.82, 2.24) is 15.0 Å². The normalized spacial score (nSPS) is 11.6. The van der Waals surface area contributed by atoms with E-state index in [9.17, 15) is 8.42 Å². The largest absolute Gasteiger partial charge is 0.368 e. The van der Waals surface area contributed by atoms with Crippen molar-refractivity contribution in [3.8, 4) is 0 Å². The summed E-state index contributed by atoms with van der Waals surface area (Å²) in [6.45, 7) is 3.17. The molecule has 0 unspecified atom stereocenters. The van der Waals surface area contributed by atoms with E-state index in [-0.39, 0.29) is 27.5 Å². The van der Waals surface area contributed by atoms with Gasteiger partial charge in [-0.05, 0) is 26.0 Å². The van der Waals surface area contributed by atoms with E-state index in [4.69, 9.17) is 17.3 Å². The highest BCUT2D eigenvalue weighted by Gasteiger charge is 2.24. The number of sulfone groups is 1. The van der Waals surface area contributed by atoms with Crippen LogP contribution in [0.3, 0.4) is 0 Å². The Morgan fingerprint density at radius 2 is 2.05 bits per heavy atom. The van der Waals surface area contributed by atoms with Gasteiger partial charge in [0.15, 0.2) is 20.7 Å². The Morgan fingerprint density at radius 3 is 2.71 bits per heavy atom. The van der Waals surface area contributed by atoms with Crippen molar-refractivity contribution in [1.29, 1.82) is 0 Å². The van der Waals surface area contributed by atoms with Gasteiger partial charge in [-0.3, -0.25) is 0 Å². The van der Waals surface area contributed by atoms with Crippen LogP contribution in [0.25, 0.3) is 0 Å². The zero-order valence-electron chi connectivity index (χ0n) is 11.4. The molecule has 0 saturated heterocycles. The topological polar surface area (TPSA) is 111 Å². The van der Waals surface area contributed by atoms with E-state index in [1.165, 1.54) is 12.4 Å². The quantitative estimate of drug-likeness (QED) is 0.883. The van der Waals surface area contributed by atoms with Gasteiger partial charge in [0.1, 0.15) is 5.02 Å². The highest BCUT2D eigenvalue weighted by atomic mass is 35.5. The lowest BCUT2D eigenvalue weighted by molar-refractivity contribution is 0.584. The van der Waals surface area contributed by atoms with Crippen LogP contribution in [-0.2, 0) is 9.84 Å². The van der Waals surface area contributed by atoms with Gasteiger partial charge in [0.25, 0.3) is 0 Å². The second-order valence-corrected chi connectivity index (χ2v) is 7.33. The highest BCUT2D eigenvalue weighted by molar-refractivity contribution is 7.92. The summed E-state index contributed by atoms with van der Waals surface area (Å²) in [6.07, 6.45) is 2.75. The molecule has 0 atom stereocenters. The van der Waals surface area contributed by atoms with E-state index in [0.29, 0.717) is 0 Å². The minimum absolute atomic E-state index is 0.0269. The maximum absolute atomic E-state index is 12.3. The van der Waals surface area contributed by atoms with Gasteiger partial charge in [-0.2, -0.15) is 4.98 Å². The van der Waals surface area contributed by atoms with Crippen molar-refractivity contribution in [3.63, 3.8) is 0 Å². The summed E-state index contributed by atoms with van der Waals surface area (Å²) in [6, 6.07) is 3.19. The first kappa shape index (κ1) is 15.5. The summed E-state index contributed by atoms with van der Waals surface area (Å²) in [5.74, 6) is 0.247. The third kappa shape index (κ3) is 3.22. The van der Waals surface area contributed by atoms with E-state index in [2.05, 4.69) is 20.3 Å². The molecule has 0 aliphatic rings. The van der Waals surface area contributed by atoms with Gasteiger partial charge < -0.3 is 11.1 Å². The molecular weight excluding hydrogens is 314 g/mol. The number of nitrogens with one attached hydrogen (secondary N) is 1. The van der Waals surface area contributed by atoms with Gasteiger partial charge >= 0.3 is 0 Å². The molecule has 2 rings (SSSR count). The van der Waals surface area contributed by atoms with Gasteiger partial charge in [-0.25, -0.2) is 18.4 Å². The number of aromatic nitrogens is 3. The lowest BCUT2D eigenvalue weighted by atomic mass is 10.4. The average Bonchev–Trinajstić information content (AvgIpc) is 2.43. The number of nitrogen functional groups attached to an aromatic ring is 1. The number of hydrogen-bond acceptors (Lipinski definition) is 7. The van der Waals surface area contributed by atoms with Crippen LogP contribution in [-0.4, -0.2) is 28.6 Å². The Labute approximate surface area is 127 Å². The van der Waals surface area contributed by atoms with Gasteiger partial charge in [0, 0.05) is 6.20 Å². The lowest BCUT2D eigenvalue weighted by Crippen LogP contribution is -2.17. The molecule has 0 amide bonds. The number of anilines is 3. The molecular formula is C12H14ClN5O2S. The molecule has 2 heterocycles. The fourth-order valence-corrected chi connectivity index (χ4v) is 2.75. The Balaban J connectivity index is 2.49. The molecule has 112 valence electrons. The van der Waals surface area contributed by atoms with E-state index in [1.807, 2.05) is 0 Å². The van der Waals surface area contributed by atoms with Gasteiger partial charge in [0.2, 0.25) is 5.95 Å². The number of hydrogen-bond donors (Lipinski definition) is 2. The van der Waals surface area contributed by atoms with Gasteiger partial charge in [0.05, 0.1) is 17.1 Å². The third-order valence-corrected chi connectivity index (χ3v) is 5.06. The Bertz CT molecular complexity index is 764. The molecule has 0 fully saturated rings. The lowest BCUT2D eigenvalue weighted by Gasteiger charge is -2.13. The molecule has 0 saturated carbocycles. The van der Waals surface area contributed by atoms with Crippen LogP contribution < -0.4 is 11.1 Å². The second-order valence-electron chi connectivity index (χ2n) is 4.50. The number of nitrogens with two attached hydrogens (primary N) is 1. The van der Waals surface area contributed by atoms with Crippen LogP contribution in [0.2, 0.25) is 5.02 Å². The van der Waals surface area contributed by atoms with Crippen LogP contribution in [0, 0.1) is 0 Å². The molecule has 0 aliphatic heterocycles. The zero-order chi connectivity index (χ0) is 15.6. The second kappa shape index (κ2) is 5.82. The van der Waals surface area contributed by atoms with Gasteiger partial charge in [-0.1, -0.05) is 11.6 Å². The molecule has 0 spiro atoms. The number of rotatable bonds is 4. The Kier molecular flexibility index (Phi) is 4.29. The van der Waals surface area contributed by atoms with Crippen molar-refractivity contribution in [2.45, 2.75) is 24.1 Å². The predicted molar refractivity (Wildman–Crippen MR) is 81.3 cm³/mol. The maximum atomic E-state index is 12.3. The van der Waals surface area contributed by atoms with Crippen LogP contribution in [0.1, 0.15) is 13.8 Å². The standard InChI is InChI=1S/C12H14ClN5O2S/c1-7(2)21(19,20)11-9(4-3-5-15-11)17-10-8(13)6-16-12(14)18-10/h3-7H,1-2H3,(H3,14,16,17,18). The van der Waals surface area contributed by atoms with E-state index < -0.39 is 15.1 Å². The van der Waals surface area contributed by atoms with Crippen LogP contribution >= 0.6 is 11.6 Å². The fraction of sp³-hybridized carbons (Fsp3) is 0.250. The Hall–Kier alpha value is -1.93. The van der Waals surface area contributed by atoms with Crippen molar-refractivity contribution in [2.75, 3.05) is 11.1 Å².